The summed E-state index contributed by atoms with van der Waals surface area (Å²) in [5.41, 5.74) is 2.45. The number of benzene rings is 2. The molecule has 4 aromatic rings. The third kappa shape index (κ3) is 5.44. The van der Waals surface area contributed by atoms with E-state index in [1.165, 1.54) is 11.3 Å². The first-order chi connectivity index (χ1) is 17.9. The zero-order chi connectivity index (χ0) is 25.9. The van der Waals surface area contributed by atoms with Crippen molar-refractivity contribution >= 4 is 52.2 Å². The van der Waals surface area contributed by atoms with E-state index in [9.17, 15) is 9.59 Å². The highest BCUT2D eigenvalue weighted by molar-refractivity contribution is 7.12. The lowest BCUT2D eigenvalue weighted by atomic mass is 10.1. The Labute approximate surface area is 227 Å². The first-order valence-electron chi connectivity index (χ1n) is 11.5. The molecule has 1 aliphatic heterocycles. The Morgan fingerprint density at radius 3 is 2.68 bits per heavy atom. The van der Waals surface area contributed by atoms with E-state index in [1.54, 1.807) is 34.8 Å². The van der Waals surface area contributed by atoms with Gasteiger partial charge in [-0.1, -0.05) is 35.3 Å². The Morgan fingerprint density at radius 2 is 1.97 bits per heavy atom. The summed E-state index contributed by atoms with van der Waals surface area (Å²) in [7, 11) is 1.63. The third-order valence-electron chi connectivity index (χ3n) is 6.03. The van der Waals surface area contributed by atoms with Crippen molar-refractivity contribution in [1.82, 2.24) is 14.5 Å². The molecule has 0 bridgehead atoms. The zero-order valence-corrected chi connectivity index (χ0v) is 22.2. The Hall–Kier alpha value is -3.53. The number of methoxy groups -OCH3 is 1. The number of halogens is 2. The van der Waals surface area contributed by atoms with Crippen LogP contribution in [0.5, 0.6) is 5.75 Å². The first kappa shape index (κ1) is 25.1. The molecular formula is C26H23Cl2N5O3S. The predicted octanol–water partition coefficient (Wildman–Crippen LogP) is 5.81. The van der Waals surface area contributed by atoms with Crippen molar-refractivity contribution in [3.05, 3.63) is 97.2 Å². The van der Waals surface area contributed by atoms with Gasteiger partial charge >= 0.3 is 6.03 Å². The predicted molar refractivity (Wildman–Crippen MR) is 148 cm³/mol. The molecular weight excluding hydrogens is 533 g/mol. The maximum absolute atomic E-state index is 13.7. The van der Waals surface area contributed by atoms with Crippen LogP contribution in [0.15, 0.2) is 64.8 Å². The Balaban J connectivity index is 1.41. The average Bonchev–Trinajstić information content (AvgIpc) is 3.43. The molecule has 190 valence electrons. The number of anilines is 2. The van der Waals surface area contributed by atoms with Crippen molar-refractivity contribution in [2.45, 2.75) is 19.5 Å². The highest BCUT2D eigenvalue weighted by Gasteiger charge is 2.27. The minimum atomic E-state index is -0.348. The van der Waals surface area contributed by atoms with Crippen molar-refractivity contribution in [2.24, 2.45) is 0 Å². The molecule has 8 nitrogen and oxygen atoms in total. The number of fused-ring (bicyclic) bond motifs is 1. The van der Waals surface area contributed by atoms with Crippen LogP contribution < -0.4 is 20.9 Å². The number of nitrogens with one attached hydrogen (secondary N) is 2. The van der Waals surface area contributed by atoms with Gasteiger partial charge in [0.15, 0.2) is 0 Å². The number of hydrogen-bond donors (Lipinski definition) is 2. The molecule has 37 heavy (non-hydrogen) atoms. The zero-order valence-electron chi connectivity index (χ0n) is 19.8. The molecule has 1 aliphatic rings. The first-order valence-corrected chi connectivity index (χ1v) is 13.1. The number of carbonyl (C=O) groups excluding carboxylic acids is 1. The summed E-state index contributed by atoms with van der Waals surface area (Å²) in [5, 5.41) is 9.60. The van der Waals surface area contributed by atoms with Gasteiger partial charge in [0.25, 0.3) is 5.56 Å². The van der Waals surface area contributed by atoms with Crippen molar-refractivity contribution in [3.8, 4) is 10.8 Å². The molecule has 2 aromatic carbocycles. The standard InChI is InChI=1S/C26H23Cl2N5O3S/c1-36-18-7-4-16(5-8-18)14-29-25-30-21-10-11-32(26(35)31-22-9-6-17(27)13-20(22)28)15-19(21)24(34)33(25)23-3-2-12-37-23/h2-9,12-13H,10-11,14-15H2,1H3,(H,29,30)(H,31,35). The third-order valence-corrected chi connectivity index (χ3v) is 7.43. The normalized spacial score (nSPS) is 12.7. The van der Waals surface area contributed by atoms with Crippen molar-refractivity contribution < 1.29 is 9.53 Å². The van der Waals surface area contributed by atoms with Crippen LogP contribution in [-0.2, 0) is 19.5 Å². The van der Waals surface area contributed by atoms with Gasteiger partial charge in [-0.3, -0.25) is 4.79 Å². The number of rotatable bonds is 6. The summed E-state index contributed by atoms with van der Waals surface area (Å²) >= 11 is 13.6. The summed E-state index contributed by atoms with van der Waals surface area (Å²) in [6.07, 6.45) is 0.453. The van der Waals surface area contributed by atoms with Gasteiger partial charge in [-0.25, -0.2) is 14.3 Å². The number of hydrogen-bond acceptors (Lipinski definition) is 6. The van der Waals surface area contributed by atoms with Crippen LogP contribution in [0.4, 0.5) is 16.4 Å². The SMILES string of the molecule is COc1ccc(CNc2nc3c(c(=O)n2-c2cccs2)CN(C(=O)Nc2ccc(Cl)cc2Cl)CC3)cc1. The van der Waals surface area contributed by atoms with Gasteiger partial charge in [-0.2, -0.15) is 0 Å². The molecule has 0 aliphatic carbocycles. The highest BCUT2D eigenvalue weighted by atomic mass is 35.5. The van der Waals surface area contributed by atoms with E-state index in [-0.39, 0.29) is 18.1 Å². The van der Waals surface area contributed by atoms with Gasteiger partial charge in [0.05, 0.1) is 35.6 Å². The lowest BCUT2D eigenvalue weighted by Crippen LogP contribution is -2.43. The van der Waals surface area contributed by atoms with Crippen molar-refractivity contribution in [3.63, 3.8) is 0 Å². The number of amides is 2. The van der Waals surface area contributed by atoms with Crippen molar-refractivity contribution in [1.29, 1.82) is 0 Å². The van der Waals surface area contributed by atoms with Gasteiger partial charge in [0, 0.05) is 24.5 Å². The Morgan fingerprint density at radius 1 is 1.16 bits per heavy atom. The van der Waals surface area contributed by atoms with E-state index in [0.29, 0.717) is 52.4 Å². The fourth-order valence-corrected chi connectivity index (χ4v) is 5.26. The molecule has 0 fully saturated rings. The number of ether oxygens (including phenoxy) is 1. The van der Waals surface area contributed by atoms with Gasteiger partial charge in [0.1, 0.15) is 10.8 Å². The average molecular weight is 556 g/mol. The van der Waals surface area contributed by atoms with Crippen LogP contribution in [0, 0.1) is 0 Å². The van der Waals surface area contributed by atoms with Gasteiger partial charge < -0.3 is 20.3 Å². The fraction of sp³-hybridized carbons (Fsp3) is 0.192. The van der Waals surface area contributed by atoms with Crippen LogP contribution in [-0.4, -0.2) is 34.1 Å². The number of aromatic nitrogens is 2. The fourth-order valence-electron chi connectivity index (χ4n) is 4.08. The summed E-state index contributed by atoms with van der Waals surface area (Å²) in [6.45, 7) is 1.04. The second-order valence-electron chi connectivity index (χ2n) is 8.38. The second-order valence-corrected chi connectivity index (χ2v) is 10.1. The topological polar surface area (TPSA) is 88.5 Å². The largest absolute Gasteiger partial charge is 0.497 e. The van der Waals surface area contributed by atoms with Gasteiger partial charge in [-0.05, 0) is 53.4 Å². The second kappa shape index (κ2) is 10.8. The number of urea groups is 1. The minimum Gasteiger partial charge on any atom is -0.497 e. The van der Waals surface area contributed by atoms with Crippen LogP contribution in [0.2, 0.25) is 10.0 Å². The number of carbonyl (C=O) groups is 1. The summed E-state index contributed by atoms with van der Waals surface area (Å²) < 4.78 is 6.80. The highest BCUT2D eigenvalue weighted by Crippen LogP contribution is 2.27. The monoisotopic (exact) mass is 555 g/mol. The molecule has 0 radical (unpaired) electrons. The minimum absolute atomic E-state index is 0.141. The number of thiophene rings is 1. The van der Waals surface area contributed by atoms with Crippen LogP contribution in [0.1, 0.15) is 16.8 Å². The molecule has 0 spiro atoms. The van der Waals surface area contributed by atoms with Crippen molar-refractivity contribution in [2.75, 3.05) is 24.3 Å². The summed E-state index contributed by atoms with van der Waals surface area (Å²) in [4.78, 5) is 33.1. The molecule has 3 heterocycles. The Kier molecular flexibility index (Phi) is 7.36. The van der Waals surface area contributed by atoms with Gasteiger partial charge in [0.2, 0.25) is 5.95 Å². The van der Waals surface area contributed by atoms with Crippen LogP contribution in [0.25, 0.3) is 5.00 Å². The van der Waals surface area contributed by atoms with E-state index in [1.807, 2.05) is 41.8 Å². The summed E-state index contributed by atoms with van der Waals surface area (Å²) in [5.74, 6) is 1.24. The maximum Gasteiger partial charge on any atom is 0.322 e. The lowest BCUT2D eigenvalue weighted by molar-refractivity contribution is 0.205. The number of nitrogens with zero attached hydrogens (tertiary/aromatic N) is 3. The molecule has 2 amide bonds. The van der Waals surface area contributed by atoms with Crippen LogP contribution in [0.3, 0.4) is 0 Å². The molecule has 5 rings (SSSR count). The van der Waals surface area contributed by atoms with E-state index < -0.39 is 0 Å². The molecule has 0 atom stereocenters. The van der Waals surface area contributed by atoms with Crippen LogP contribution >= 0.6 is 34.5 Å². The van der Waals surface area contributed by atoms with E-state index >= 15 is 0 Å². The summed E-state index contributed by atoms with van der Waals surface area (Å²) in [6, 6.07) is 16.0. The molecule has 0 unspecified atom stereocenters. The molecule has 11 heteroatoms. The quantitative estimate of drug-likeness (QED) is 0.313. The maximum atomic E-state index is 13.7. The molecule has 0 saturated carbocycles. The van der Waals surface area contributed by atoms with Gasteiger partial charge in [-0.15, -0.1) is 11.3 Å². The Bertz CT molecular complexity index is 1490. The molecule has 0 saturated heterocycles. The van der Waals surface area contributed by atoms with E-state index in [4.69, 9.17) is 32.9 Å². The van der Waals surface area contributed by atoms with E-state index in [0.717, 1.165) is 16.3 Å². The molecule has 2 N–H and O–H groups in total. The smallest absolute Gasteiger partial charge is 0.322 e. The lowest BCUT2D eigenvalue weighted by Gasteiger charge is -2.29. The molecule has 2 aromatic heterocycles. The van der Waals surface area contributed by atoms with E-state index in [2.05, 4.69) is 10.6 Å².